The van der Waals surface area contributed by atoms with Gasteiger partial charge in [0.1, 0.15) is 5.82 Å². The van der Waals surface area contributed by atoms with E-state index in [1.54, 1.807) is 4.68 Å². The SMILES string of the molecule is Cc1cc(F)cc(-n2nnnc2C(C)NCC(C)C)c1. The molecule has 1 heterocycles. The van der Waals surface area contributed by atoms with Gasteiger partial charge in [0.15, 0.2) is 5.82 Å². The number of halogens is 1. The molecule has 1 aromatic carbocycles. The molecule has 0 aliphatic heterocycles. The van der Waals surface area contributed by atoms with Gasteiger partial charge in [-0.2, -0.15) is 4.68 Å². The van der Waals surface area contributed by atoms with E-state index in [1.165, 1.54) is 12.1 Å². The minimum atomic E-state index is -0.288. The fourth-order valence-corrected chi connectivity index (χ4v) is 1.99. The summed E-state index contributed by atoms with van der Waals surface area (Å²) in [5, 5.41) is 15.1. The quantitative estimate of drug-likeness (QED) is 0.912. The Morgan fingerprint density at radius 2 is 2.00 bits per heavy atom. The summed E-state index contributed by atoms with van der Waals surface area (Å²) >= 11 is 0. The van der Waals surface area contributed by atoms with Crippen molar-refractivity contribution in [2.45, 2.75) is 33.7 Å². The first-order valence-electron chi connectivity index (χ1n) is 6.76. The molecule has 20 heavy (non-hydrogen) atoms. The molecular weight excluding hydrogens is 257 g/mol. The number of tetrazole rings is 1. The summed E-state index contributed by atoms with van der Waals surface area (Å²) in [6.45, 7) is 8.99. The topological polar surface area (TPSA) is 55.6 Å². The van der Waals surface area contributed by atoms with Gasteiger partial charge in [-0.15, -0.1) is 5.10 Å². The summed E-state index contributed by atoms with van der Waals surface area (Å²) in [4.78, 5) is 0. The first-order valence-corrected chi connectivity index (χ1v) is 6.76. The molecule has 0 amide bonds. The molecule has 1 aromatic heterocycles. The Balaban J connectivity index is 2.27. The van der Waals surface area contributed by atoms with Crippen LogP contribution < -0.4 is 5.32 Å². The van der Waals surface area contributed by atoms with E-state index in [0.717, 1.165) is 12.1 Å². The van der Waals surface area contributed by atoms with Gasteiger partial charge >= 0.3 is 0 Å². The van der Waals surface area contributed by atoms with Crippen LogP contribution in [0, 0.1) is 18.7 Å². The summed E-state index contributed by atoms with van der Waals surface area (Å²) in [6, 6.07) is 4.77. The van der Waals surface area contributed by atoms with Crippen molar-refractivity contribution in [3.63, 3.8) is 0 Å². The van der Waals surface area contributed by atoms with E-state index in [4.69, 9.17) is 0 Å². The van der Waals surface area contributed by atoms with Crippen LogP contribution >= 0.6 is 0 Å². The molecule has 0 spiro atoms. The van der Waals surface area contributed by atoms with E-state index in [9.17, 15) is 4.39 Å². The summed E-state index contributed by atoms with van der Waals surface area (Å²) in [6.07, 6.45) is 0. The first-order chi connectivity index (χ1) is 9.47. The molecule has 108 valence electrons. The van der Waals surface area contributed by atoms with Crippen molar-refractivity contribution in [1.29, 1.82) is 0 Å². The van der Waals surface area contributed by atoms with E-state index in [-0.39, 0.29) is 11.9 Å². The molecule has 0 bridgehead atoms. The van der Waals surface area contributed by atoms with E-state index >= 15 is 0 Å². The van der Waals surface area contributed by atoms with Gasteiger partial charge in [-0.05, 0) is 60.5 Å². The van der Waals surface area contributed by atoms with Crippen molar-refractivity contribution in [2.75, 3.05) is 6.54 Å². The summed E-state index contributed by atoms with van der Waals surface area (Å²) < 4.78 is 15.1. The van der Waals surface area contributed by atoms with Crippen LogP contribution in [-0.4, -0.2) is 26.8 Å². The summed E-state index contributed by atoms with van der Waals surface area (Å²) in [5.41, 5.74) is 1.48. The van der Waals surface area contributed by atoms with Gasteiger partial charge in [0, 0.05) is 0 Å². The van der Waals surface area contributed by atoms with Crippen LogP contribution in [0.15, 0.2) is 18.2 Å². The molecule has 0 saturated carbocycles. The van der Waals surface area contributed by atoms with Crippen LogP contribution in [0.4, 0.5) is 4.39 Å². The predicted molar refractivity (Wildman–Crippen MR) is 75.1 cm³/mol. The molecule has 6 heteroatoms. The second kappa shape index (κ2) is 6.09. The van der Waals surface area contributed by atoms with Crippen LogP contribution in [0.1, 0.15) is 38.2 Å². The Morgan fingerprint density at radius 3 is 2.65 bits per heavy atom. The largest absolute Gasteiger partial charge is 0.307 e. The highest BCUT2D eigenvalue weighted by Gasteiger charge is 2.16. The number of nitrogens with zero attached hydrogens (tertiary/aromatic N) is 4. The predicted octanol–water partition coefficient (Wildman–Crippen LogP) is 2.42. The maximum absolute atomic E-state index is 13.5. The number of hydrogen-bond acceptors (Lipinski definition) is 4. The van der Waals surface area contributed by atoms with Crippen molar-refractivity contribution in [3.8, 4) is 5.69 Å². The van der Waals surface area contributed by atoms with Crippen LogP contribution in [-0.2, 0) is 0 Å². The average molecular weight is 277 g/mol. The molecule has 1 N–H and O–H groups in total. The van der Waals surface area contributed by atoms with Crippen LogP contribution in [0.2, 0.25) is 0 Å². The van der Waals surface area contributed by atoms with Crippen molar-refractivity contribution < 1.29 is 4.39 Å². The van der Waals surface area contributed by atoms with Gasteiger partial charge < -0.3 is 5.32 Å². The molecule has 0 aliphatic rings. The Labute approximate surface area is 118 Å². The number of aromatic nitrogens is 4. The monoisotopic (exact) mass is 277 g/mol. The van der Waals surface area contributed by atoms with E-state index < -0.39 is 0 Å². The van der Waals surface area contributed by atoms with Crippen molar-refractivity contribution in [1.82, 2.24) is 25.5 Å². The standard InChI is InChI=1S/C14H20FN5/c1-9(2)8-16-11(4)14-17-18-19-20(14)13-6-10(3)5-12(15)7-13/h5-7,9,11,16H,8H2,1-4H3. The van der Waals surface area contributed by atoms with Gasteiger partial charge in [-0.25, -0.2) is 4.39 Å². The number of nitrogens with one attached hydrogen (secondary N) is 1. The third-order valence-corrected chi connectivity index (χ3v) is 2.98. The lowest BCUT2D eigenvalue weighted by atomic mass is 10.2. The number of benzene rings is 1. The second-order valence-corrected chi connectivity index (χ2v) is 5.46. The van der Waals surface area contributed by atoms with Gasteiger partial charge in [0.2, 0.25) is 0 Å². The number of aryl methyl sites for hydroxylation is 1. The molecule has 5 nitrogen and oxygen atoms in total. The lowest BCUT2D eigenvalue weighted by Gasteiger charge is -2.15. The van der Waals surface area contributed by atoms with E-state index in [2.05, 4.69) is 34.7 Å². The minimum Gasteiger partial charge on any atom is -0.307 e. The average Bonchev–Trinajstić information content (AvgIpc) is 2.83. The second-order valence-electron chi connectivity index (χ2n) is 5.46. The third-order valence-electron chi connectivity index (χ3n) is 2.98. The molecule has 2 aromatic rings. The van der Waals surface area contributed by atoms with Crippen molar-refractivity contribution >= 4 is 0 Å². The van der Waals surface area contributed by atoms with Crippen LogP contribution in [0.3, 0.4) is 0 Å². The van der Waals surface area contributed by atoms with Gasteiger partial charge in [0.05, 0.1) is 11.7 Å². The Morgan fingerprint density at radius 1 is 1.25 bits per heavy atom. The Hall–Kier alpha value is -1.82. The zero-order chi connectivity index (χ0) is 14.7. The highest BCUT2D eigenvalue weighted by atomic mass is 19.1. The van der Waals surface area contributed by atoms with Crippen molar-refractivity contribution in [3.05, 3.63) is 35.4 Å². The third kappa shape index (κ3) is 3.39. The molecular formula is C14H20FN5. The number of hydrogen-bond donors (Lipinski definition) is 1. The molecule has 1 atom stereocenters. The summed E-state index contributed by atoms with van der Waals surface area (Å²) in [7, 11) is 0. The lowest BCUT2D eigenvalue weighted by Crippen LogP contribution is -2.25. The van der Waals surface area contributed by atoms with Crippen LogP contribution in [0.5, 0.6) is 0 Å². The normalized spacial score (nSPS) is 12.9. The minimum absolute atomic E-state index is 0.00373. The molecule has 0 radical (unpaired) electrons. The van der Waals surface area contributed by atoms with Gasteiger partial charge in [0.25, 0.3) is 0 Å². The smallest absolute Gasteiger partial charge is 0.173 e. The fraction of sp³-hybridized carbons (Fsp3) is 0.500. The zero-order valence-electron chi connectivity index (χ0n) is 12.3. The van der Waals surface area contributed by atoms with Crippen molar-refractivity contribution in [2.24, 2.45) is 5.92 Å². The van der Waals surface area contributed by atoms with E-state index in [0.29, 0.717) is 17.4 Å². The maximum atomic E-state index is 13.5. The highest BCUT2D eigenvalue weighted by Crippen LogP contribution is 2.16. The van der Waals surface area contributed by atoms with E-state index in [1.807, 2.05) is 19.9 Å². The van der Waals surface area contributed by atoms with Gasteiger partial charge in [-0.1, -0.05) is 13.8 Å². The molecule has 2 rings (SSSR count). The van der Waals surface area contributed by atoms with Gasteiger partial charge in [-0.3, -0.25) is 0 Å². The molecule has 0 saturated heterocycles. The maximum Gasteiger partial charge on any atom is 0.173 e. The highest BCUT2D eigenvalue weighted by molar-refractivity contribution is 5.36. The molecule has 0 aliphatic carbocycles. The summed E-state index contributed by atoms with van der Waals surface area (Å²) in [5.74, 6) is 0.929. The molecule has 1 unspecified atom stereocenters. The zero-order valence-corrected chi connectivity index (χ0v) is 12.3. The molecule has 0 fully saturated rings. The van der Waals surface area contributed by atoms with Crippen LogP contribution in [0.25, 0.3) is 5.69 Å². The Bertz CT molecular complexity index is 558. The first kappa shape index (κ1) is 14.6. The fourth-order valence-electron chi connectivity index (χ4n) is 1.99. The Kier molecular flexibility index (Phi) is 4.44. The number of rotatable bonds is 5. The lowest BCUT2D eigenvalue weighted by molar-refractivity contribution is 0.474.